The monoisotopic (exact) mass is 240 g/mol. The van der Waals surface area contributed by atoms with E-state index in [2.05, 4.69) is 60.8 Å². The second-order valence-electron chi connectivity index (χ2n) is 6.03. The van der Waals surface area contributed by atoms with E-state index in [0.717, 1.165) is 0 Å². The molecule has 2 nitrogen and oxygen atoms in total. The van der Waals surface area contributed by atoms with Crippen LogP contribution >= 0.6 is 0 Å². The third-order valence-corrected chi connectivity index (χ3v) is 4.40. The van der Waals surface area contributed by atoms with Crippen molar-refractivity contribution in [1.82, 2.24) is 9.55 Å². The molecule has 1 aliphatic carbocycles. The highest BCUT2D eigenvalue weighted by Gasteiger charge is 2.39. The molecule has 18 heavy (non-hydrogen) atoms. The predicted molar refractivity (Wildman–Crippen MR) is 73.8 cm³/mol. The molecule has 0 saturated carbocycles. The van der Waals surface area contributed by atoms with Crippen molar-refractivity contribution in [3.63, 3.8) is 0 Å². The summed E-state index contributed by atoms with van der Waals surface area (Å²) in [6, 6.07) is 9.37. The van der Waals surface area contributed by atoms with Gasteiger partial charge in [0.05, 0.1) is 6.33 Å². The van der Waals surface area contributed by atoms with Crippen molar-refractivity contribution in [2.75, 3.05) is 0 Å². The van der Waals surface area contributed by atoms with Crippen molar-refractivity contribution in [2.45, 2.75) is 44.6 Å². The van der Waals surface area contributed by atoms with Gasteiger partial charge in [-0.2, -0.15) is 0 Å². The summed E-state index contributed by atoms with van der Waals surface area (Å²) in [6.45, 7) is 7.00. The van der Waals surface area contributed by atoms with Crippen molar-refractivity contribution >= 4 is 0 Å². The molecule has 0 aliphatic heterocycles. The fraction of sp³-hybridized carbons (Fsp3) is 0.438. The van der Waals surface area contributed by atoms with E-state index in [-0.39, 0.29) is 5.41 Å². The smallest absolute Gasteiger partial charge is 0.0948 e. The van der Waals surface area contributed by atoms with Gasteiger partial charge < -0.3 is 4.57 Å². The van der Waals surface area contributed by atoms with E-state index in [1.54, 1.807) is 0 Å². The van der Waals surface area contributed by atoms with E-state index in [4.69, 9.17) is 0 Å². The van der Waals surface area contributed by atoms with Gasteiger partial charge >= 0.3 is 0 Å². The number of aromatic nitrogens is 2. The molecule has 0 N–H and O–H groups in total. The molecule has 1 aromatic heterocycles. The first-order valence-electron chi connectivity index (χ1n) is 6.66. The molecule has 0 saturated heterocycles. The molecule has 0 radical (unpaired) electrons. The second kappa shape index (κ2) is 3.98. The SMILES string of the molecule is CC(C1CC(C)(C)c2ccccc21)n1ccnc1. The van der Waals surface area contributed by atoms with Crippen molar-refractivity contribution in [2.24, 2.45) is 0 Å². The Kier molecular flexibility index (Phi) is 2.54. The molecule has 0 spiro atoms. The minimum Gasteiger partial charge on any atom is -0.334 e. The zero-order chi connectivity index (χ0) is 12.8. The maximum atomic E-state index is 4.17. The van der Waals surface area contributed by atoms with Gasteiger partial charge in [0, 0.05) is 24.4 Å². The van der Waals surface area contributed by atoms with Crippen LogP contribution in [0.15, 0.2) is 43.0 Å². The number of rotatable bonds is 2. The number of hydrogen-bond acceptors (Lipinski definition) is 1. The topological polar surface area (TPSA) is 17.8 Å². The predicted octanol–water partition coefficient (Wildman–Crippen LogP) is 3.91. The Morgan fingerprint density at radius 2 is 2.11 bits per heavy atom. The maximum Gasteiger partial charge on any atom is 0.0948 e. The Labute approximate surface area is 109 Å². The fourth-order valence-corrected chi connectivity index (χ4v) is 3.35. The molecular formula is C16H20N2. The van der Waals surface area contributed by atoms with E-state index in [0.29, 0.717) is 12.0 Å². The van der Waals surface area contributed by atoms with Crippen molar-refractivity contribution in [3.05, 3.63) is 54.1 Å². The van der Waals surface area contributed by atoms with Crippen LogP contribution in [0.4, 0.5) is 0 Å². The minimum atomic E-state index is 0.288. The molecule has 1 heterocycles. The minimum absolute atomic E-state index is 0.288. The summed E-state index contributed by atoms with van der Waals surface area (Å²) in [7, 11) is 0. The van der Waals surface area contributed by atoms with Crippen LogP contribution in [0.1, 0.15) is 50.3 Å². The lowest BCUT2D eigenvalue weighted by molar-refractivity contribution is 0.383. The average Bonchev–Trinajstić information content (AvgIpc) is 2.96. The van der Waals surface area contributed by atoms with Gasteiger partial charge in [0.2, 0.25) is 0 Å². The van der Waals surface area contributed by atoms with Crippen LogP contribution in [0.2, 0.25) is 0 Å². The van der Waals surface area contributed by atoms with E-state index in [1.165, 1.54) is 17.5 Å². The van der Waals surface area contributed by atoms with Gasteiger partial charge in [-0.25, -0.2) is 4.98 Å². The summed E-state index contributed by atoms with van der Waals surface area (Å²) >= 11 is 0. The summed E-state index contributed by atoms with van der Waals surface area (Å²) in [4.78, 5) is 4.17. The van der Waals surface area contributed by atoms with Gasteiger partial charge in [0.15, 0.2) is 0 Å². The third-order valence-electron chi connectivity index (χ3n) is 4.40. The number of benzene rings is 1. The Morgan fingerprint density at radius 3 is 2.83 bits per heavy atom. The molecule has 2 heteroatoms. The lowest BCUT2D eigenvalue weighted by Gasteiger charge is -2.23. The second-order valence-corrected chi connectivity index (χ2v) is 6.03. The Morgan fingerprint density at radius 1 is 1.33 bits per heavy atom. The van der Waals surface area contributed by atoms with Crippen molar-refractivity contribution < 1.29 is 0 Å². The molecule has 2 atom stereocenters. The summed E-state index contributed by atoms with van der Waals surface area (Å²) < 4.78 is 2.23. The van der Waals surface area contributed by atoms with E-state index in [1.807, 2.05) is 12.5 Å². The molecule has 94 valence electrons. The highest BCUT2D eigenvalue weighted by atomic mass is 15.1. The Bertz CT molecular complexity index is 540. The van der Waals surface area contributed by atoms with Gasteiger partial charge in [-0.3, -0.25) is 0 Å². The van der Waals surface area contributed by atoms with Crippen LogP contribution in [0.25, 0.3) is 0 Å². The van der Waals surface area contributed by atoms with E-state index < -0.39 is 0 Å². The van der Waals surface area contributed by atoms with Gasteiger partial charge in [-0.1, -0.05) is 38.1 Å². The van der Waals surface area contributed by atoms with Crippen LogP contribution in [-0.4, -0.2) is 9.55 Å². The van der Waals surface area contributed by atoms with Gasteiger partial charge in [0.1, 0.15) is 0 Å². The average molecular weight is 240 g/mol. The first-order valence-corrected chi connectivity index (χ1v) is 6.66. The molecular weight excluding hydrogens is 220 g/mol. The van der Waals surface area contributed by atoms with Gasteiger partial charge in [-0.15, -0.1) is 0 Å². The molecule has 0 amide bonds. The van der Waals surface area contributed by atoms with Crippen LogP contribution in [0.3, 0.4) is 0 Å². The Hall–Kier alpha value is -1.57. The van der Waals surface area contributed by atoms with Crippen LogP contribution in [0, 0.1) is 0 Å². The zero-order valence-electron chi connectivity index (χ0n) is 11.3. The van der Waals surface area contributed by atoms with Crippen LogP contribution in [0.5, 0.6) is 0 Å². The third kappa shape index (κ3) is 1.67. The molecule has 3 rings (SSSR count). The molecule has 1 aromatic carbocycles. The van der Waals surface area contributed by atoms with Gasteiger partial charge in [-0.05, 0) is 29.9 Å². The Balaban J connectivity index is 2.01. The van der Waals surface area contributed by atoms with Crippen LogP contribution < -0.4 is 0 Å². The maximum absolute atomic E-state index is 4.17. The highest BCUT2D eigenvalue weighted by Crippen LogP contribution is 2.49. The molecule has 2 unspecified atom stereocenters. The lowest BCUT2D eigenvalue weighted by atomic mass is 9.85. The summed E-state index contributed by atoms with van der Waals surface area (Å²) in [5.41, 5.74) is 3.32. The molecule has 0 bridgehead atoms. The highest BCUT2D eigenvalue weighted by molar-refractivity contribution is 5.42. The van der Waals surface area contributed by atoms with E-state index >= 15 is 0 Å². The summed E-state index contributed by atoms with van der Waals surface area (Å²) in [5.74, 6) is 0.588. The van der Waals surface area contributed by atoms with Crippen LogP contribution in [-0.2, 0) is 5.41 Å². The first kappa shape index (κ1) is 11.5. The lowest BCUT2D eigenvalue weighted by Crippen LogP contribution is -2.15. The number of hydrogen-bond donors (Lipinski definition) is 0. The molecule has 2 aromatic rings. The summed E-state index contributed by atoms with van der Waals surface area (Å²) in [5, 5.41) is 0. The summed E-state index contributed by atoms with van der Waals surface area (Å²) in [6.07, 6.45) is 7.07. The van der Waals surface area contributed by atoms with Gasteiger partial charge in [0.25, 0.3) is 0 Å². The normalized spacial score (nSPS) is 22.7. The first-order chi connectivity index (χ1) is 8.59. The molecule has 0 fully saturated rings. The number of imidazole rings is 1. The largest absolute Gasteiger partial charge is 0.334 e. The molecule has 1 aliphatic rings. The van der Waals surface area contributed by atoms with E-state index in [9.17, 15) is 0 Å². The number of nitrogens with zero attached hydrogens (tertiary/aromatic N) is 2. The zero-order valence-corrected chi connectivity index (χ0v) is 11.3. The quantitative estimate of drug-likeness (QED) is 0.778. The fourth-order valence-electron chi connectivity index (χ4n) is 3.35. The van der Waals surface area contributed by atoms with Crippen molar-refractivity contribution in [1.29, 1.82) is 0 Å². The van der Waals surface area contributed by atoms with Crippen molar-refractivity contribution in [3.8, 4) is 0 Å². The standard InChI is InChI=1S/C16H20N2/c1-12(18-9-8-17-11-18)14-10-16(2,3)15-7-5-4-6-13(14)15/h4-9,11-12,14H,10H2,1-3H3. The number of fused-ring (bicyclic) bond motifs is 1.